The van der Waals surface area contributed by atoms with Crippen LogP contribution < -0.4 is 5.73 Å². The monoisotopic (exact) mass is 248 g/mol. The SMILES string of the molecule is N#Cc1ccc(F)cc1COC1CCC(N)CC1. The van der Waals surface area contributed by atoms with Gasteiger partial charge in [-0.05, 0) is 49.4 Å². The molecule has 1 aromatic carbocycles. The van der Waals surface area contributed by atoms with Crippen LogP contribution in [0.5, 0.6) is 0 Å². The molecule has 1 aliphatic carbocycles. The van der Waals surface area contributed by atoms with E-state index in [9.17, 15) is 4.39 Å². The largest absolute Gasteiger partial charge is 0.373 e. The Morgan fingerprint density at radius 3 is 2.72 bits per heavy atom. The fourth-order valence-corrected chi connectivity index (χ4v) is 2.25. The van der Waals surface area contributed by atoms with Crippen molar-refractivity contribution in [3.05, 3.63) is 35.1 Å². The van der Waals surface area contributed by atoms with Crippen molar-refractivity contribution in [3.63, 3.8) is 0 Å². The second-order valence-electron chi connectivity index (χ2n) is 4.76. The van der Waals surface area contributed by atoms with Gasteiger partial charge >= 0.3 is 0 Å². The van der Waals surface area contributed by atoms with Crippen molar-refractivity contribution >= 4 is 0 Å². The summed E-state index contributed by atoms with van der Waals surface area (Å²) in [5.41, 5.74) is 6.92. The Morgan fingerprint density at radius 2 is 2.06 bits per heavy atom. The van der Waals surface area contributed by atoms with E-state index in [0.29, 0.717) is 17.7 Å². The van der Waals surface area contributed by atoms with E-state index in [1.165, 1.54) is 18.2 Å². The van der Waals surface area contributed by atoms with Gasteiger partial charge in [-0.1, -0.05) is 0 Å². The van der Waals surface area contributed by atoms with E-state index < -0.39 is 0 Å². The Balaban J connectivity index is 1.94. The highest BCUT2D eigenvalue weighted by atomic mass is 19.1. The molecule has 2 rings (SSSR count). The van der Waals surface area contributed by atoms with Crippen LogP contribution in [-0.2, 0) is 11.3 Å². The van der Waals surface area contributed by atoms with E-state index in [1.807, 2.05) is 0 Å². The van der Waals surface area contributed by atoms with Crippen molar-refractivity contribution in [1.82, 2.24) is 0 Å². The first-order chi connectivity index (χ1) is 8.69. The molecule has 2 N–H and O–H groups in total. The third-order valence-electron chi connectivity index (χ3n) is 3.38. The fourth-order valence-electron chi connectivity index (χ4n) is 2.25. The van der Waals surface area contributed by atoms with Crippen LogP contribution in [0, 0.1) is 17.1 Å². The highest BCUT2D eigenvalue weighted by molar-refractivity contribution is 5.37. The van der Waals surface area contributed by atoms with E-state index >= 15 is 0 Å². The number of hydrogen-bond acceptors (Lipinski definition) is 3. The Hall–Kier alpha value is -1.44. The highest BCUT2D eigenvalue weighted by Crippen LogP contribution is 2.22. The Morgan fingerprint density at radius 1 is 1.33 bits per heavy atom. The maximum atomic E-state index is 13.1. The molecule has 4 heteroatoms. The number of nitriles is 1. The lowest BCUT2D eigenvalue weighted by Gasteiger charge is -2.26. The van der Waals surface area contributed by atoms with Crippen LogP contribution in [0.3, 0.4) is 0 Å². The van der Waals surface area contributed by atoms with Crippen molar-refractivity contribution in [2.45, 2.75) is 44.4 Å². The molecule has 1 saturated carbocycles. The lowest BCUT2D eigenvalue weighted by atomic mass is 9.94. The number of rotatable bonds is 3. The molecule has 0 amide bonds. The molecule has 0 spiro atoms. The molecule has 3 nitrogen and oxygen atoms in total. The van der Waals surface area contributed by atoms with Crippen LogP contribution in [-0.4, -0.2) is 12.1 Å². The predicted molar refractivity (Wildman–Crippen MR) is 66.1 cm³/mol. The third kappa shape index (κ3) is 3.28. The maximum absolute atomic E-state index is 13.1. The first-order valence-corrected chi connectivity index (χ1v) is 6.24. The van der Waals surface area contributed by atoms with Gasteiger partial charge in [0, 0.05) is 6.04 Å². The van der Waals surface area contributed by atoms with Gasteiger partial charge in [0.1, 0.15) is 5.82 Å². The molecule has 96 valence electrons. The van der Waals surface area contributed by atoms with Gasteiger partial charge in [0.05, 0.1) is 24.3 Å². The molecule has 0 aliphatic heterocycles. The average molecular weight is 248 g/mol. The highest BCUT2D eigenvalue weighted by Gasteiger charge is 2.19. The Labute approximate surface area is 106 Å². The number of nitrogens with zero attached hydrogens (tertiary/aromatic N) is 1. The van der Waals surface area contributed by atoms with Gasteiger partial charge in [-0.15, -0.1) is 0 Å². The van der Waals surface area contributed by atoms with Gasteiger partial charge in [-0.3, -0.25) is 0 Å². The second kappa shape index (κ2) is 5.94. The summed E-state index contributed by atoms with van der Waals surface area (Å²) in [5.74, 6) is -0.335. The summed E-state index contributed by atoms with van der Waals surface area (Å²) in [5, 5.41) is 8.94. The zero-order valence-electron chi connectivity index (χ0n) is 10.2. The summed E-state index contributed by atoms with van der Waals surface area (Å²) in [7, 11) is 0. The zero-order valence-corrected chi connectivity index (χ0v) is 10.2. The molecular formula is C14H17FN2O. The molecule has 0 unspecified atom stereocenters. The summed E-state index contributed by atoms with van der Waals surface area (Å²) in [6.07, 6.45) is 4.01. The quantitative estimate of drug-likeness (QED) is 0.894. The fraction of sp³-hybridized carbons (Fsp3) is 0.500. The molecule has 0 aromatic heterocycles. The molecule has 0 bridgehead atoms. The predicted octanol–water partition coefficient (Wildman–Crippen LogP) is 2.48. The van der Waals surface area contributed by atoms with Gasteiger partial charge in [0.15, 0.2) is 0 Å². The Bertz CT molecular complexity index is 448. The molecule has 1 fully saturated rings. The lowest BCUT2D eigenvalue weighted by molar-refractivity contribution is 0.0136. The van der Waals surface area contributed by atoms with Crippen LogP contribution in [0.2, 0.25) is 0 Å². The number of nitrogens with two attached hydrogens (primary N) is 1. The van der Waals surface area contributed by atoms with Gasteiger partial charge in [0.25, 0.3) is 0 Å². The molecule has 0 heterocycles. The van der Waals surface area contributed by atoms with Crippen molar-refractivity contribution in [1.29, 1.82) is 5.26 Å². The van der Waals surface area contributed by atoms with Gasteiger partial charge in [-0.25, -0.2) is 4.39 Å². The van der Waals surface area contributed by atoms with Crippen LogP contribution in [0.1, 0.15) is 36.8 Å². The van der Waals surface area contributed by atoms with Crippen LogP contribution in [0.15, 0.2) is 18.2 Å². The van der Waals surface area contributed by atoms with Crippen molar-refractivity contribution in [2.24, 2.45) is 5.73 Å². The number of halogens is 1. The van der Waals surface area contributed by atoms with E-state index in [0.717, 1.165) is 25.7 Å². The van der Waals surface area contributed by atoms with Crippen LogP contribution in [0.25, 0.3) is 0 Å². The lowest BCUT2D eigenvalue weighted by Crippen LogP contribution is -2.30. The molecular weight excluding hydrogens is 231 g/mol. The number of benzene rings is 1. The van der Waals surface area contributed by atoms with Gasteiger partial charge < -0.3 is 10.5 Å². The van der Waals surface area contributed by atoms with Crippen LogP contribution in [0.4, 0.5) is 4.39 Å². The van der Waals surface area contributed by atoms with Crippen LogP contribution >= 0.6 is 0 Å². The summed E-state index contributed by atoms with van der Waals surface area (Å²) >= 11 is 0. The van der Waals surface area contributed by atoms with Gasteiger partial charge in [-0.2, -0.15) is 5.26 Å². The van der Waals surface area contributed by atoms with Crippen molar-refractivity contribution < 1.29 is 9.13 Å². The van der Waals surface area contributed by atoms with E-state index in [1.54, 1.807) is 0 Å². The standard InChI is InChI=1S/C14H17FN2O/c15-12-2-1-10(8-16)11(7-12)9-18-14-5-3-13(17)4-6-14/h1-2,7,13-14H,3-6,9,17H2. The molecule has 0 saturated heterocycles. The summed E-state index contributed by atoms with van der Waals surface area (Å²) in [6, 6.07) is 6.49. The molecule has 1 aliphatic rings. The third-order valence-corrected chi connectivity index (χ3v) is 3.38. The normalized spacial score (nSPS) is 23.6. The molecule has 0 atom stereocenters. The first-order valence-electron chi connectivity index (χ1n) is 6.24. The van der Waals surface area contributed by atoms with Gasteiger partial charge in [0.2, 0.25) is 0 Å². The topological polar surface area (TPSA) is 59.0 Å². The van der Waals surface area contributed by atoms with E-state index in [2.05, 4.69) is 6.07 Å². The van der Waals surface area contributed by atoms with Crippen molar-refractivity contribution in [3.8, 4) is 6.07 Å². The maximum Gasteiger partial charge on any atom is 0.123 e. The summed E-state index contributed by atoms with van der Waals surface area (Å²) in [4.78, 5) is 0. The minimum absolute atomic E-state index is 0.180. The molecule has 18 heavy (non-hydrogen) atoms. The number of ether oxygens (including phenoxy) is 1. The van der Waals surface area contributed by atoms with Crippen molar-refractivity contribution in [2.75, 3.05) is 0 Å². The minimum Gasteiger partial charge on any atom is -0.373 e. The second-order valence-corrected chi connectivity index (χ2v) is 4.76. The smallest absolute Gasteiger partial charge is 0.123 e. The summed E-state index contributed by atoms with van der Waals surface area (Å²) < 4.78 is 18.9. The zero-order chi connectivity index (χ0) is 13.0. The minimum atomic E-state index is -0.335. The average Bonchev–Trinajstić information content (AvgIpc) is 2.38. The molecule has 1 aromatic rings. The first kappa shape index (κ1) is 13.0. The summed E-state index contributed by atoms with van der Waals surface area (Å²) in [6.45, 7) is 0.292. The molecule has 0 radical (unpaired) electrons. The van der Waals surface area contributed by atoms with E-state index in [-0.39, 0.29) is 18.0 Å². The number of hydrogen-bond donors (Lipinski definition) is 1. The Kier molecular flexibility index (Phi) is 4.29. The van der Waals surface area contributed by atoms with E-state index in [4.69, 9.17) is 15.7 Å².